The van der Waals surface area contributed by atoms with Gasteiger partial charge < -0.3 is 15.4 Å². The number of piperidine rings is 1. The fourth-order valence-corrected chi connectivity index (χ4v) is 2.84. The number of nitrogens with one attached hydrogen (secondary N) is 2. The molecule has 0 aromatic carbocycles. The van der Waals surface area contributed by atoms with Crippen molar-refractivity contribution in [2.75, 3.05) is 45.9 Å². The number of nitrogens with zero attached hydrogens (tertiary/aromatic N) is 2. The lowest BCUT2D eigenvalue weighted by molar-refractivity contribution is 0.0774. The first-order chi connectivity index (χ1) is 10.5. The van der Waals surface area contributed by atoms with Gasteiger partial charge in [-0.25, -0.2) is 0 Å². The van der Waals surface area contributed by atoms with Crippen molar-refractivity contribution in [1.82, 2.24) is 15.5 Å². The van der Waals surface area contributed by atoms with E-state index < -0.39 is 0 Å². The Morgan fingerprint density at radius 2 is 2.09 bits per heavy atom. The van der Waals surface area contributed by atoms with Gasteiger partial charge in [-0.2, -0.15) is 0 Å². The summed E-state index contributed by atoms with van der Waals surface area (Å²) in [6.07, 6.45) is 2.67. The lowest BCUT2D eigenvalue weighted by atomic mass is 9.94. The fraction of sp³-hybridized carbons (Fsp3) is 0.941. The quantitative estimate of drug-likeness (QED) is 0.409. The standard InChI is InChI=1S/C17H36N4O/c1-6-18-16(19-10-12-22-7-2)20-14-17(4,5)21-11-8-9-15(3)13-21/h15H,6-14H2,1-5H3,(H2,18,19,20). The summed E-state index contributed by atoms with van der Waals surface area (Å²) in [5.41, 5.74) is 0.108. The summed E-state index contributed by atoms with van der Waals surface area (Å²) in [7, 11) is 0. The zero-order chi connectivity index (χ0) is 16.4. The van der Waals surface area contributed by atoms with Crippen LogP contribution in [0.4, 0.5) is 0 Å². The third-order valence-corrected chi connectivity index (χ3v) is 4.22. The van der Waals surface area contributed by atoms with Crippen LogP contribution in [0.25, 0.3) is 0 Å². The Balaban J connectivity index is 2.51. The van der Waals surface area contributed by atoms with Crippen LogP contribution in [0.1, 0.15) is 47.5 Å². The highest BCUT2D eigenvalue weighted by molar-refractivity contribution is 5.79. The molecule has 0 spiro atoms. The Morgan fingerprint density at radius 1 is 1.32 bits per heavy atom. The normalized spacial score (nSPS) is 21.0. The van der Waals surface area contributed by atoms with Crippen molar-refractivity contribution in [2.45, 2.75) is 53.0 Å². The SMILES string of the molecule is CCNC(=NCC(C)(C)N1CCCC(C)C1)NCCOCC. The van der Waals surface area contributed by atoms with Crippen LogP contribution < -0.4 is 10.6 Å². The van der Waals surface area contributed by atoms with E-state index in [0.717, 1.165) is 38.1 Å². The molecule has 2 N–H and O–H groups in total. The molecule has 0 aromatic rings. The van der Waals surface area contributed by atoms with E-state index in [4.69, 9.17) is 9.73 Å². The van der Waals surface area contributed by atoms with Crippen molar-refractivity contribution in [2.24, 2.45) is 10.9 Å². The van der Waals surface area contributed by atoms with E-state index in [1.165, 1.54) is 25.9 Å². The number of rotatable bonds is 8. The predicted octanol–water partition coefficient (Wildman–Crippen LogP) is 2.09. The Hall–Kier alpha value is -0.810. The van der Waals surface area contributed by atoms with Crippen LogP contribution in [0, 0.1) is 5.92 Å². The maximum Gasteiger partial charge on any atom is 0.191 e. The summed E-state index contributed by atoms with van der Waals surface area (Å²) >= 11 is 0. The molecule has 0 radical (unpaired) electrons. The maximum atomic E-state index is 5.36. The van der Waals surface area contributed by atoms with Gasteiger partial charge in [0.2, 0.25) is 0 Å². The van der Waals surface area contributed by atoms with Crippen molar-refractivity contribution in [3.63, 3.8) is 0 Å². The van der Waals surface area contributed by atoms with Gasteiger partial charge in [-0.3, -0.25) is 9.89 Å². The zero-order valence-corrected chi connectivity index (χ0v) is 15.2. The molecule has 0 amide bonds. The molecular formula is C17H36N4O. The molecule has 1 saturated heterocycles. The number of hydrogen-bond donors (Lipinski definition) is 2. The highest BCUT2D eigenvalue weighted by atomic mass is 16.5. The molecule has 130 valence electrons. The molecule has 1 aliphatic rings. The van der Waals surface area contributed by atoms with Crippen molar-refractivity contribution >= 4 is 5.96 Å². The van der Waals surface area contributed by atoms with Gasteiger partial charge in [0.1, 0.15) is 0 Å². The summed E-state index contributed by atoms with van der Waals surface area (Å²) < 4.78 is 5.36. The second-order valence-corrected chi connectivity index (χ2v) is 6.82. The molecule has 22 heavy (non-hydrogen) atoms. The maximum absolute atomic E-state index is 5.36. The first-order valence-corrected chi connectivity index (χ1v) is 8.84. The largest absolute Gasteiger partial charge is 0.380 e. The number of likely N-dealkylation sites (tertiary alicyclic amines) is 1. The van der Waals surface area contributed by atoms with Gasteiger partial charge in [-0.15, -0.1) is 0 Å². The summed E-state index contributed by atoms with van der Waals surface area (Å²) in [4.78, 5) is 7.37. The highest BCUT2D eigenvalue weighted by Gasteiger charge is 2.29. The molecule has 1 fully saturated rings. The minimum atomic E-state index is 0.108. The van der Waals surface area contributed by atoms with Gasteiger partial charge >= 0.3 is 0 Å². The number of ether oxygens (including phenoxy) is 1. The Bertz CT molecular complexity index is 331. The van der Waals surface area contributed by atoms with Crippen LogP contribution in [0.15, 0.2) is 4.99 Å². The third kappa shape index (κ3) is 6.97. The molecule has 1 atom stereocenters. The van der Waals surface area contributed by atoms with Crippen LogP contribution in [0.5, 0.6) is 0 Å². The first-order valence-electron chi connectivity index (χ1n) is 8.84. The van der Waals surface area contributed by atoms with Gasteiger partial charge in [0.25, 0.3) is 0 Å². The summed E-state index contributed by atoms with van der Waals surface area (Å²) in [5.74, 6) is 1.69. The third-order valence-electron chi connectivity index (χ3n) is 4.22. The summed E-state index contributed by atoms with van der Waals surface area (Å²) in [6, 6.07) is 0. The van der Waals surface area contributed by atoms with Crippen LogP contribution in [0.3, 0.4) is 0 Å². The monoisotopic (exact) mass is 312 g/mol. The molecular weight excluding hydrogens is 276 g/mol. The van der Waals surface area contributed by atoms with Crippen molar-refractivity contribution in [1.29, 1.82) is 0 Å². The van der Waals surface area contributed by atoms with Crippen molar-refractivity contribution in [3.05, 3.63) is 0 Å². The van der Waals surface area contributed by atoms with Gasteiger partial charge in [-0.1, -0.05) is 6.92 Å². The van der Waals surface area contributed by atoms with E-state index in [2.05, 4.69) is 43.2 Å². The number of aliphatic imine (C=N–C) groups is 1. The predicted molar refractivity (Wildman–Crippen MR) is 94.5 cm³/mol. The molecule has 0 saturated carbocycles. The van der Waals surface area contributed by atoms with Gasteiger partial charge in [0.05, 0.1) is 13.2 Å². The Kier molecular flexibility index (Phi) is 8.79. The second kappa shape index (κ2) is 10.1. The van der Waals surface area contributed by atoms with E-state index in [9.17, 15) is 0 Å². The van der Waals surface area contributed by atoms with Crippen LogP contribution >= 0.6 is 0 Å². The molecule has 1 heterocycles. The highest BCUT2D eigenvalue weighted by Crippen LogP contribution is 2.23. The minimum Gasteiger partial charge on any atom is -0.380 e. The Labute approximate surface area is 136 Å². The molecule has 1 rings (SSSR count). The minimum absolute atomic E-state index is 0.108. The smallest absolute Gasteiger partial charge is 0.191 e. The zero-order valence-electron chi connectivity index (χ0n) is 15.2. The van der Waals surface area contributed by atoms with Crippen molar-refractivity contribution < 1.29 is 4.74 Å². The lowest BCUT2D eigenvalue weighted by Crippen LogP contribution is -2.51. The molecule has 1 aliphatic heterocycles. The van der Waals surface area contributed by atoms with Crippen molar-refractivity contribution in [3.8, 4) is 0 Å². The topological polar surface area (TPSA) is 48.9 Å². The fourth-order valence-electron chi connectivity index (χ4n) is 2.84. The average Bonchev–Trinajstić information content (AvgIpc) is 2.49. The van der Waals surface area contributed by atoms with Crippen LogP contribution in [0.2, 0.25) is 0 Å². The van der Waals surface area contributed by atoms with E-state index in [0.29, 0.717) is 6.61 Å². The summed E-state index contributed by atoms with van der Waals surface area (Å²) in [6.45, 7) is 17.4. The van der Waals surface area contributed by atoms with E-state index in [-0.39, 0.29) is 5.54 Å². The molecule has 1 unspecified atom stereocenters. The average molecular weight is 313 g/mol. The van der Waals surface area contributed by atoms with E-state index >= 15 is 0 Å². The number of hydrogen-bond acceptors (Lipinski definition) is 3. The second-order valence-electron chi connectivity index (χ2n) is 6.82. The molecule has 5 nitrogen and oxygen atoms in total. The van der Waals surface area contributed by atoms with Gasteiger partial charge in [-0.05, 0) is 53.0 Å². The van der Waals surface area contributed by atoms with Gasteiger partial charge in [0, 0.05) is 31.8 Å². The molecule has 0 bridgehead atoms. The van der Waals surface area contributed by atoms with E-state index in [1.807, 2.05) is 6.92 Å². The molecule has 5 heteroatoms. The first kappa shape index (κ1) is 19.2. The molecule has 0 aromatic heterocycles. The van der Waals surface area contributed by atoms with Gasteiger partial charge in [0.15, 0.2) is 5.96 Å². The number of guanidine groups is 1. The summed E-state index contributed by atoms with van der Waals surface area (Å²) in [5, 5.41) is 6.64. The van der Waals surface area contributed by atoms with Crippen LogP contribution in [-0.2, 0) is 4.74 Å². The Morgan fingerprint density at radius 3 is 2.73 bits per heavy atom. The van der Waals surface area contributed by atoms with E-state index in [1.54, 1.807) is 0 Å². The lowest BCUT2D eigenvalue weighted by Gasteiger charge is -2.42. The van der Waals surface area contributed by atoms with Crippen LogP contribution in [-0.4, -0.2) is 62.3 Å². The molecule has 0 aliphatic carbocycles.